The minimum atomic E-state index is -0.111. The molecule has 2 aromatic heterocycles. The van der Waals surface area contributed by atoms with E-state index in [0.29, 0.717) is 23.3 Å². The van der Waals surface area contributed by atoms with E-state index in [-0.39, 0.29) is 18.5 Å². The minimum Gasteiger partial charge on any atom is -0.497 e. The van der Waals surface area contributed by atoms with E-state index in [9.17, 15) is 4.79 Å². The lowest BCUT2D eigenvalue weighted by molar-refractivity contribution is -0.118. The highest BCUT2D eigenvalue weighted by atomic mass is 32.2. The summed E-state index contributed by atoms with van der Waals surface area (Å²) in [5.41, 5.74) is 3.75. The van der Waals surface area contributed by atoms with Crippen molar-refractivity contribution in [2.75, 3.05) is 19.7 Å². The number of nitrogens with one attached hydrogen (secondary N) is 2. The van der Waals surface area contributed by atoms with Crippen molar-refractivity contribution in [1.82, 2.24) is 25.1 Å². The summed E-state index contributed by atoms with van der Waals surface area (Å²) in [6, 6.07) is 21.4. The van der Waals surface area contributed by atoms with Gasteiger partial charge in [-0.2, -0.15) is 0 Å². The fourth-order valence-electron chi connectivity index (χ4n) is 4.19. The summed E-state index contributed by atoms with van der Waals surface area (Å²) in [4.78, 5) is 16.0. The van der Waals surface area contributed by atoms with Gasteiger partial charge in [0.25, 0.3) is 0 Å². The van der Waals surface area contributed by atoms with Gasteiger partial charge in [-0.15, -0.1) is 10.2 Å². The molecule has 0 atom stereocenters. The largest absolute Gasteiger partial charge is 0.497 e. The Morgan fingerprint density at radius 2 is 1.92 bits per heavy atom. The first-order chi connectivity index (χ1) is 18.2. The van der Waals surface area contributed by atoms with Crippen LogP contribution in [0.5, 0.6) is 17.2 Å². The van der Waals surface area contributed by atoms with Gasteiger partial charge in [-0.1, -0.05) is 36.0 Å². The third kappa shape index (κ3) is 4.58. The molecule has 37 heavy (non-hydrogen) atoms. The first kappa shape index (κ1) is 23.0. The number of amides is 1. The molecule has 186 valence electrons. The van der Waals surface area contributed by atoms with Gasteiger partial charge in [-0.25, -0.2) is 0 Å². The zero-order valence-corrected chi connectivity index (χ0v) is 20.7. The number of hydrogen-bond acceptors (Lipinski definition) is 7. The summed E-state index contributed by atoms with van der Waals surface area (Å²) in [5.74, 6) is 2.93. The molecule has 10 heteroatoms. The molecular weight excluding hydrogens is 490 g/mol. The maximum Gasteiger partial charge on any atom is 0.231 e. The van der Waals surface area contributed by atoms with Crippen molar-refractivity contribution in [2.45, 2.75) is 11.7 Å². The Morgan fingerprint density at radius 1 is 1.08 bits per heavy atom. The van der Waals surface area contributed by atoms with Crippen LogP contribution in [-0.4, -0.2) is 45.3 Å². The molecule has 0 unspecified atom stereocenters. The average molecular weight is 514 g/mol. The molecule has 9 nitrogen and oxygen atoms in total. The Morgan fingerprint density at radius 3 is 2.78 bits per heavy atom. The van der Waals surface area contributed by atoms with E-state index in [0.717, 1.165) is 39.2 Å². The Labute approximate surface area is 216 Å². The number of ether oxygens (including phenoxy) is 3. The lowest BCUT2D eigenvalue weighted by Crippen LogP contribution is -2.24. The van der Waals surface area contributed by atoms with Gasteiger partial charge >= 0.3 is 0 Å². The van der Waals surface area contributed by atoms with E-state index < -0.39 is 0 Å². The second kappa shape index (κ2) is 9.90. The molecule has 1 amide bonds. The van der Waals surface area contributed by atoms with Gasteiger partial charge in [0.2, 0.25) is 12.7 Å². The van der Waals surface area contributed by atoms with Crippen LogP contribution in [0.15, 0.2) is 78.1 Å². The molecule has 1 aliphatic heterocycles. The fourth-order valence-corrected chi connectivity index (χ4v) is 4.97. The van der Waals surface area contributed by atoms with Crippen molar-refractivity contribution >= 4 is 28.6 Å². The Kier molecular flexibility index (Phi) is 6.15. The lowest BCUT2D eigenvalue weighted by atomic mass is 10.1. The number of aromatic nitrogens is 4. The van der Waals surface area contributed by atoms with E-state index in [1.165, 1.54) is 11.8 Å². The summed E-state index contributed by atoms with van der Waals surface area (Å²) < 4.78 is 18.0. The van der Waals surface area contributed by atoms with Gasteiger partial charge < -0.3 is 24.5 Å². The number of hydrogen-bond donors (Lipinski definition) is 2. The number of carbonyl (C=O) groups is 1. The van der Waals surface area contributed by atoms with E-state index in [1.807, 2.05) is 77.5 Å². The van der Waals surface area contributed by atoms with Crippen LogP contribution in [0.25, 0.3) is 28.0 Å². The van der Waals surface area contributed by atoms with Crippen LogP contribution < -0.4 is 19.5 Å². The third-order valence-corrected chi connectivity index (χ3v) is 6.98. The van der Waals surface area contributed by atoms with Crippen molar-refractivity contribution in [3.05, 3.63) is 78.5 Å². The molecule has 2 N–H and O–H groups in total. The highest BCUT2D eigenvalue weighted by Crippen LogP contribution is 2.34. The van der Waals surface area contributed by atoms with Gasteiger partial charge in [-0.05, 0) is 48.0 Å². The number of thioether (sulfide) groups is 1. The van der Waals surface area contributed by atoms with Gasteiger partial charge in [0.05, 0.1) is 12.9 Å². The van der Waals surface area contributed by atoms with Crippen LogP contribution in [-0.2, 0) is 11.3 Å². The Bertz CT molecular complexity index is 1580. The van der Waals surface area contributed by atoms with E-state index in [4.69, 9.17) is 14.2 Å². The summed E-state index contributed by atoms with van der Waals surface area (Å²) in [6.45, 7) is 0.610. The van der Waals surface area contributed by atoms with Gasteiger partial charge in [0.1, 0.15) is 5.75 Å². The summed E-state index contributed by atoms with van der Waals surface area (Å²) in [5, 5.41) is 13.6. The number of nitrogens with zero attached hydrogens (tertiary/aromatic N) is 3. The van der Waals surface area contributed by atoms with Crippen LogP contribution in [0.1, 0.15) is 5.56 Å². The number of para-hydroxylation sites is 1. The van der Waals surface area contributed by atoms with E-state index in [2.05, 4.69) is 20.5 Å². The van der Waals surface area contributed by atoms with Crippen molar-refractivity contribution in [3.63, 3.8) is 0 Å². The molecule has 0 radical (unpaired) electrons. The van der Waals surface area contributed by atoms with Crippen LogP contribution in [0, 0.1) is 0 Å². The number of H-pyrrole nitrogens is 1. The van der Waals surface area contributed by atoms with Crippen molar-refractivity contribution < 1.29 is 19.0 Å². The highest BCUT2D eigenvalue weighted by molar-refractivity contribution is 7.99. The number of benzene rings is 3. The van der Waals surface area contributed by atoms with Gasteiger partial charge in [0, 0.05) is 34.9 Å². The molecule has 0 bridgehead atoms. The zero-order chi connectivity index (χ0) is 25.2. The SMILES string of the molecule is COc1ccc(-n2c(SCC(=O)NCc3ccc4c(c3)OCO4)nnc2-c2c[nH]c3ccccc23)cc1. The summed E-state index contributed by atoms with van der Waals surface area (Å²) in [7, 11) is 1.63. The molecule has 3 aromatic carbocycles. The first-order valence-electron chi connectivity index (χ1n) is 11.6. The van der Waals surface area contributed by atoms with Crippen LogP contribution in [0.2, 0.25) is 0 Å². The number of aromatic amines is 1. The van der Waals surface area contributed by atoms with Crippen LogP contribution in [0.3, 0.4) is 0 Å². The van der Waals surface area contributed by atoms with Gasteiger partial charge in [0.15, 0.2) is 22.5 Å². The maximum atomic E-state index is 12.7. The predicted molar refractivity (Wildman–Crippen MR) is 140 cm³/mol. The van der Waals surface area contributed by atoms with Gasteiger partial charge in [-0.3, -0.25) is 9.36 Å². The first-order valence-corrected chi connectivity index (χ1v) is 12.6. The molecule has 0 saturated carbocycles. The van der Waals surface area contributed by atoms with E-state index >= 15 is 0 Å². The summed E-state index contributed by atoms with van der Waals surface area (Å²) >= 11 is 1.33. The quantitative estimate of drug-likeness (QED) is 0.293. The maximum absolute atomic E-state index is 12.7. The van der Waals surface area contributed by atoms with Crippen molar-refractivity contribution in [2.24, 2.45) is 0 Å². The van der Waals surface area contributed by atoms with Crippen molar-refractivity contribution in [1.29, 1.82) is 0 Å². The number of rotatable bonds is 8. The molecule has 3 heterocycles. The second-order valence-electron chi connectivity index (χ2n) is 8.34. The molecule has 0 aliphatic carbocycles. The molecule has 1 aliphatic rings. The number of fused-ring (bicyclic) bond motifs is 2. The highest BCUT2D eigenvalue weighted by Gasteiger charge is 2.20. The Balaban J connectivity index is 1.23. The topological polar surface area (TPSA) is 103 Å². The Hall–Kier alpha value is -4.44. The third-order valence-electron chi connectivity index (χ3n) is 6.05. The molecule has 0 spiro atoms. The smallest absolute Gasteiger partial charge is 0.231 e. The standard InChI is InChI=1S/C27H23N5O4S/c1-34-19-9-7-18(8-10-19)32-26(21-14-28-22-5-3-2-4-20(21)22)30-31-27(32)37-15-25(33)29-13-17-6-11-23-24(12-17)36-16-35-23/h2-12,14,28H,13,15-16H2,1H3,(H,29,33). The number of methoxy groups -OCH3 is 1. The minimum absolute atomic E-state index is 0.111. The lowest BCUT2D eigenvalue weighted by Gasteiger charge is -2.11. The van der Waals surface area contributed by atoms with Crippen LogP contribution in [0.4, 0.5) is 0 Å². The second-order valence-corrected chi connectivity index (χ2v) is 9.28. The predicted octanol–water partition coefficient (Wildman–Crippen LogP) is 4.56. The molecule has 0 fully saturated rings. The monoisotopic (exact) mass is 513 g/mol. The van der Waals surface area contributed by atoms with Crippen molar-refractivity contribution in [3.8, 4) is 34.3 Å². The molecule has 6 rings (SSSR count). The molecular formula is C27H23N5O4S. The molecule has 0 saturated heterocycles. The summed E-state index contributed by atoms with van der Waals surface area (Å²) in [6.07, 6.45) is 1.93. The average Bonchev–Trinajstić information content (AvgIpc) is 3.68. The van der Waals surface area contributed by atoms with E-state index in [1.54, 1.807) is 7.11 Å². The fraction of sp³-hybridized carbons (Fsp3) is 0.148. The normalized spacial score (nSPS) is 12.1. The van der Waals surface area contributed by atoms with Crippen LogP contribution >= 0.6 is 11.8 Å². The number of carbonyl (C=O) groups excluding carboxylic acids is 1. The zero-order valence-electron chi connectivity index (χ0n) is 19.9. The molecule has 5 aromatic rings.